The van der Waals surface area contributed by atoms with Crippen LogP contribution in [-0.2, 0) is 32.1 Å². The number of ether oxygens (including phenoxy) is 1. The first-order chi connectivity index (χ1) is 22.6. The monoisotopic (exact) mass is 645 g/mol. The van der Waals surface area contributed by atoms with Crippen LogP contribution in [0.4, 0.5) is 0 Å². The van der Waals surface area contributed by atoms with Gasteiger partial charge in [0.15, 0.2) is 0 Å². The predicted molar refractivity (Wildman–Crippen MR) is 173 cm³/mol. The van der Waals surface area contributed by atoms with Gasteiger partial charge in [0.2, 0.25) is 5.91 Å². The summed E-state index contributed by atoms with van der Waals surface area (Å²) < 4.78 is 15.1. The van der Waals surface area contributed by atoms with E-state index in [4.69, 9.17) is 19.2 Å². The lowest BCUT2D eigenvalue weighted by atomic mass is 9.78. The molecule has 3 heterocycles. The van der Waals surface area contributed by atoms with Gasteiger partial charge in [-0.1, -0.05) is 30.3 Å². The summed E-state index contributed by atoms with van der Waals surface area (Å²) in [5.41, 5.74) is 3.97. The topological polar surface area (TPSA) is 184 Å². The lowest BCUT2D eigenvalue weighted by Gasteiger charge is -2.24. The summed E-state index contributed by atoms with van der Waals surface area (Å²) in [7, 11) is 1.31. The number of hydrogen-bond donors (Lipinski definition) is 5. The third kappa shape index (κ3) is 9.20. The number of rotatable bonds is 7. The molecule has 246 valence electrons. The van der Waals surface area contributed by atoms with Crippen LogP contribution in [0.25, 0.3) is 0 Å². The molecule has 13 nitrogen and oxygen atoms in total. The van der Waals surface area contributed by atoms with Crippen LogP contribution in [0, 0.1) is 0 Å². The molecule has 5 N–H and O–H groups in total. The van der Waals surface area contributed by atoms with Crippen LogP contribution < -0.4 is 26.3 Å². The fourth-order valence-corrected chi connectivity index (χ4v) is 5.26. The Hall–Kier alpha value is -4.69. The number of carbonyl (C=O) groups is 4. The normalized spacial score (nSPS) is 15.7. The smallest absolute Gasteiger partial charge is 0.491 e. The highest BCUT2D eigenvalue weighted by molar-refractivity contribution is 6.62. The largest absolute Gasteiger partial charge is 0.497 e. The van der Waals surface area contributed by atoms with E-state index < -0.39 is 26.2 Å². The van der Waals surface area contributed by atoms with Crippen LogP contribution in [0.5, 0.6) is 5.75 Å². The van der Waals surface area contributed by atoms with Gasteiger partial charge >= 0.3 is 20.2 Å². The predicted octanol–water partition coefficient (Wildman–Crippen LogP) is 0.0589. The number of hydrogen-bond acceptors (Lipinski definition) is 9. The molecule has 0 aliphatic carbocycles. The van der Waals surface area contributed by atoms with E-state index in [9.17, 15) is 29.2 Å². The van der Waals surface area contributed by atoms with Crippen molar-refractivity contribution in [2.24, 2.45) is 0 Å². The Labute approximate surface area is 273 Å². The summed E-state index contributed by atoms with van der Waals surface area (Å²) in [5.74, 6) is -0.854. The Morgan fingerprint density at radius 3 is 2.06 bits per heavy atom. The van der Waals surface area contributed by atoms with Gasteiger partial charge in [0.25, 0.3) is 11.8 Å². The number of methoxy groups -OCH3 is 1. The van der Waals surface area contributed by atoms with Gasteiger partial charge in [-0.15, -0.1) is 0 Å². The zero-order valence-corrected chi connectivity index (χ0v) is 26.2. The molecular formula is C32H37B2N3O10. The van der Waals surface area contributed by atoms with Crippen LogP contribution in [0.2, 0.25) is 0 Å². The second-order valence-electron chi connectivity index (χ2n) is 10.8. The van der Waals surface area contributed by atoms with Gasteiger partial charge in [-0.2, -0.15) is 0 Å². The van der Waals surface area contributed by atoms with Crippen molar-refractivity contribution in [2.45, 2.75) is 38.5 Å². The second-order valence-corrected chi connectivity index (χ2v) is 10.8. The summed E-state index contributed by atoms with van der Waals surface area (Å²) in [6.45, 7) is 1.22. The number of likely N-dealkylation sites (tertiary alicyclic amines) is 1. The highest BCUT2D eigenvalue weighted by Crippen LogP contribution is 2.21. The van der Waals surface area contributed by atoms with E-state index in [0.29, 0.717) is 54.7 Å². The maximum atomic E-state index is 12.8. The standard InChI is InChI=1S/C16H19BN2O6.C9H10BNO3.C7H8O/c20-14(21)5-6-18-15(22)13-2-1-7-19(13)16(23)10-3-4-11-9-25-17(24)12(11)8-10;1-11-9(12)6-2-3-7-5-14-10(13)8(7)4-6;1-8-7-5-3-2-4-6-7/h3-4,8,13,24H,1-2,5-7,9H2,(H,18,22)(H,20,21);2-4,13H,5H2,1H3,(H,11,12);2-6H,1H3. The lowest BCUT2D eigenvalue weighted by molar-refractivity contribution is -0.137. The van der Waals surface area contributed by atoms with Gasteiger partial charge in [-0.25, -0.2) is 0 Å². The molecule has 0 radical (unpaired) electrons. The first-order valence-corrected chi connectivity index (χ1v) is 15.1. The minimum Gasteiger partial charge on any atom is -0.497 e. The highest BCUT2D eigenvalue weighted by atomic mass is 16.5. The van der Waals surface area contributed by atoms with Crippen molar-refractivity contribution in [1.29, 1.82) is 0 Å². The van der Waals surface area contributed by atoms with Crippen LogP contribution in [0.1, 0.15) is 51.1 Å². The van der Waals surface area contributed by atoms with Crippen molar-refractivity contribution < 1.29 is 48.4 Å². The van der Waals surface area contributed by atoms with Crippen LogP contribution in [0.15, 0.2) is 66.7 Å². The van der Waals surface area contributed by atoms with Crippen molar-refractivity contribution in [2.75, 3.05) is 27.2 Å². The highest BCUT2D eigenvalue weighted by Gasteiger charge is 2.36. The SMILES string of the molecule is CNC(=O)c1ccc2c(c1)B(O)OC2.COc1ccccc1.O=C(O)CCNC(=O)C1CCCN1C(=O)c1ccc2c(c1)B(O)OC2. The van der Waals surface area contributed by atoms with E-state index in [2.05, 4.69) is 10.6 Å². The maximum Gasteiger partial charge on any atom is 0.491 e. The molecular weight excluding hydrogens is 608 g/mol. The third-order valence-electron chi connectivity index (χ3n) is 7.79. The quantitative estimate of drug-likeness (QED) is 0.220. The molecule has 15 heteroatoms. The lowest BCUT2D eigenvalue weighted by Crippen LogP contribution is -2.46. The molecule has 3 aromatic carbocycles. The van der Waals surface area contributed by atoms with Crippen LogP contribution >= 0.6 is 0 Å². The summed E-state index contributed by atoms with van der Waals surface area (Å²) in [4.78, 5) is 48.4. The molecule has 0 saturated carbocycles. The first kappa shape index (κ1) is 35.2. The van der Waals surface area contributed by atoms with Gasteiger partial charge in [0.05, 0.1) is 26.7 Å². The number of benzene rings is 3. The zero-order chi connectivity index (χ0) is 33.9. The summed E-state index contributed by atoms with van der Waals surface area (Å²) in [6, 6.07) is 19.3. The Morgan fingerprint density at radius 2 is 1.51 bits per heavy atom. The number of nitrogens with one attached hydrogen (secondary N) is 2. The second kappa shape index (κ2) is 16.7. The Balaban J connectivity index is 0.000000189. The van der Waals surface area contributed by atoms with Crippen LogP contribution in [-0.4, -0.2) is 91.3 Å². The molecule has 3 amide bonds. The fourth-order valence-electron chi connectivity index (χ4n) is 5.26. The average Bonchev–Trinajstić information content (AvgIpc) is 3.83. The zero-order valence-electron chi connectivity index (χ0n) is 26.2. The van der Waals surface area contributed by atoms with Crippen molar-refractivity contribution in [1.82, 2.24) is 15.5 Å². The third-order valence-corrected chi connectivity index (χ3v) is 7.79. The van der Waals surface area contributed by atoms with E-state index >= 15 is 0 Å². The van der Waals surface area contributed by atoms with Gasteiger partial charge in [0, 0.05) is 31.3 Å². The number of fused-ring (bicyclic) bond motifs is 2. The minimum atomic E-state index is -1.03. The number of carboxylic acid groups (broad SMARTS) is 1. The molecule has 6 rings (SSSR count). The molecule has 3 aromatic rings. The molecule has 1 atom stereocenters. The molecule has 0 spiro atoms. The van der Waals surface area contributed by atoms with Crippen molar-refractivity contribution in [3.8, 4) is 5.75 Å². The number of para-hydroxylation sites is 1. The molecule has 1 unspecified atom stereocenters. The molecule has 1 fully saturated rings. The van der Waals surface area contributed by atoms with Crippen molar-refractivity contribution >= 4 is 48.9 Å². The van der Waals surface area contributed by atoms with E-state index in [0.717, 1.165) is 16.9 Å². The maximum absolute atomic E-state index is 12.8. The molecule has 47 heavy (non-hydrogen) atoms. The first-order valence-electron chi connectivity index (χ1n) is 15.1. The number of nitrogens with zero attached hydrogens (tertiary/aromatic N) is 1. The molecule has 1 saturated heterocycles. The number of aliphatic carboxylic acids is 1. The minimum absolute atomic E-state index is 0.0368. The molecule has 3 aliphatic heterocycles. The fraction of sp³-hybridized carbons (Fsp3) is 0.312. The number of carboxylic acids is 1. The van der Waals surface area contributed by atoms with Gasteiger partial charge in [0.1, 0.15) is 11.8 Å². The Morgan fingerprint density at radius 1 is 0.915 bits per heavy atom. The van der Waals surface area contributed by atoms with Gasteiger partial charge in [-0.3, -0.25) is 19.2 Å². The van der Waals surface area contributed by atoms with Crippen molar-refractivity contribution in [3.63, 3.8) is 0 Å². The molecule has 0 aromatic heterocycles. The summed E-state index contributed by atoms with van der Waals surface area (Å²) in [6.07, 6.45) is 1.09. The number of carbonyl (C=O) groups excluding carboxylic acids is 3. The van der Waals surface area contributed by atoms with E-state index in [1.165, 1.54) is 4.90 Å². The average molecular weight is 645 g/mol. The van der Waals surface area contributed by atoms with E-state index in [1.54, 1.807) is 50.6 Å². The Bertz CT molecular complexity index is 1580. The Kier molecular flexibility index (Phi) is 12.5. The summed E-state index contributed by atoms with van der Waals surface area (Å²) >= 11 is 0. The van der Waals surface area contributed by atoms with E-state index in [1.807, 2.05) is 30.3 Å². The molecule has 0 bridgehead atoms. The van der Waals surface area contributed by atoms with Crippen LogP contribution in [0.3, 0.4) is 0 Å². The van der Waals surface area contributed by atoms with E-state index in [-0.39, 0.29) is 30.7 Å². The number of amides is 3. The summed E-state index contributed by atoms with van der Waals surface area (Å²) in [5, 5.41) is 32.9. The van der Waals surface area contributed by atoms with Crippen molar-refractivity contribution in [3.05, 3.63) is 89.0 Å². The van der Waals surface area contributed by atoms with Gasteiger partial charge < -0.3 is 44.7 Å². The molecule has 3 aliphatic rings. The van der Waals surface area contributed by atoms with Gasteiger partial charge in [-0.05, 0) is 71.3 Å².